The number of para-hydroxylation sites is 2. The van der Waals surface area contributed by atoms with Gasteiger partial charge in [0.25, 0.3) is 0 Å². The summed E-state index contributed by atoms with van der Waals surface area (Å²) in [5.41, 5.74) is 5.13. The van der Waals surface area contributed by atoms with Crippen LogP contribution in [-0.4, -0.2) is 36.8 Å². The topological polar surface area (TPSA) is 90.6 Å². The lowest BCUT2D eigenvalue weighted by Crippen LogP contribution is -2.04. The standard InChI is InChI=1S/C24H21N7O/c1-15-18-10-7-11-21(32-3)22(18)28-24(26-15)29-23-25-13-12-20(27-23)19-14-31(30-16(19)2)17-8-5-4-6-9-17/h4-14H,1-3H3,(H,25,26,27,28,29). The highest BCUT2D eigenvalue weighted by Gasteiger charge is 2.13. The van der Waals surface area contributed by atoms with E-state index < -0.39 is 0 Å². The number of nitrogens with one attached hydrogen (secondary N) is 1. The van der Waals surface area contributed by atoms with Crippen LogP contribution in [0.1, 0.15) is 11.4 Å². The summed E-state index contributed by atoms with van der Waals surface area (Å²) in [6.45, 7) is 3.90. The van der Waals surface area contributed by atoms with Crippen molar-refractivity contribution in [2.24, 2.45) is 0 Å². The number of aromatic nitrogens is 6. The van der Waals surface area contributed by atoms with E-state index in [0.29, 0.717) is 17.6 Å². The van der Waals surface area contributed by atoms with Crippen molar-refractivity contribution in [3.05, 3.63) is 78.4 Å². The third-order valence-corrected chi connectivity index (χ3v) is 5.17. The van der Waals surface area contributed by atoms with Crippen molar-refractivity contribution in [3.63, 3.8) is 0 Å². The van der Waals surface area contributed by atoms with Crippen LogP contribution in [0.5, 0.6) is 5.75 Å². The molecule has 0 saturated carbocycles. The summed E-state index contributed by atoms with van der Waals surface area (Å²) in [4.78, 5) is 18.2. The first kappa shape index (κ1) is 19.6. The van der Waals surface area contributed by atoms with Gasteiger partial charge in [0, 0.05) is 23.3 Å². The Kier molecular flexibility index (Phi) is 4.95. The van der Waals surface area contributed by atoms with Gasteiger partial charge < -0.3 is 4.74 Å². The molecule has 8 heteroatoms. The van der Waals surface area contributed by atoms with Crippen LogP contribution in [0.2, 0.25) is 0 Å². The van der Waals surface area contributed by atoms with E-state index in [4.69, 9.17) is 4.74 Å². The zero-order valence-corrected chi connectivity index (χ0v) is 17.9. The molecule has 0 aliphatic carbocycles. The van der Waals surface area contributed by atoms with Crippen molar-refractivity contribution in [1.29, 1.82) is 0 Å². The van der Waals surface area contributed by atoms with Crippen molar-refractivity contribution < 1.29 is 4.74 Å². The largest absolute Gasteiger partial charge is 0.494 e. The lowest BCUT2D eigenvalue weighted by molar-refractivity contribution is 0.419. The highest BCUT2D eigenvalue weighted by molar-refractivity contribution is 5.87. The SMILES string of the molecule is COc1cccc2c(C)nc(Nc3nccc(-c4cn(-c5ccccc5)nc4C)n3)nc12. The molecule has 3 aromatic heterocycles. The van der Waals surface area contributed by atoms with Gasteiger partial charge in [0.15, 0.2) is 0 Å². The van der Waals surface area contributed by atoms with Gasteiger partial charge in [-0.2, -0.15) is 5.10 Å². The zero-order valence-electron chi connectivity index (χ0n) is 17.9. The summed E-state index contributed by atoms with van der Waals surface area (Å²) in [5.74, 6) is 1.51. The second-order valence-corrected chi connectivity index (χ2v) is 7.29. The number of benzene rings is 2. The average molecular weight is 423 g/mol. The first-order valence-electron chi connectivity index (χ1n) is 10.2. The Hall–Kier alpha value is -4.33. The maximum Gasteiger partial charge on any atom is 0.230 e. The normalized spacial score (nSPS) is 11.0. The Balaban J connectivity index is 1.49. The fraction of sp³-hybridized carbons (Fsp3) is 0.125. The molecule has 2 aromatic carbocycles. The number of rotatable bonds is 5. The summed E-state index contributed by atoms with van der Waals surface area (Å²) >= 11 is 0. The molecule has 0 spiro atoms. The Labute approximate surface area is 185 Å². The first-order chi connectivity index (χ1) is 15.6. The van der Waals surface area contributed by atoms with E-state index in [9.17, 15) is 0 Å². The minimum atomic E-state index is 0.406. The quantitative estimate of drug-likeness (QED) is 0.440. The lowest BCUT2D eigenvalue weighted by Gasteiger charge is -2.10. The first-order valence-corrected chi connectivity index (χ1v) is 10.2. The van der Waals surface area contributed by atoms with E-state index in [1.807, 2.05) is 79.3 Å². The third kappa shape index (κ3) is 3.62. The molecule has 0 saturated heterocycles. The minimum Gasteiger partial charge on any atom is -0.494 e. The molecule has 0 radical (unpaired) electrons. The van der Waals surface area contributed by atoms with Gasteiger partial charge in [0.2, 0.25) is 11.9 Å². The van der Waals surface area contributed by atoms with E-state index in [1.165, 1.54) is 0 Å². The van der Waals surface area contributed by atoms with Gasteiger partial charge in [-0.05, 0) is 38.1 Å². The molecule has 0 fully saturated rings. The van der Waals surface area contributed by atoms with Gasteiger partial charge in [-0.1, -0.05) is 30.3 Å². The van der Waals surface area contributed by atoms with E-state index in [1.54, 1.807) is 13.3 Å². The van der Waals surface area contributed by atoms with Gasteiger partial charge in [-0.15, -0.1) is 0 Å². The molecule has 0 aliphatic heterocycles. The number of ether oxygens (including phenoxy) is 1. The summed E-state index contributed by atoms with van der Waals surface area (Å²) in [5, 5.41) is 8.70. The van der Waals surface area contributed by atoms with Gasteiger partial charge in [0.05, 0.1) is 29.9 Å². The molecule has 5 aromatic rings. The van der Waals surface area contributed by atoms with Gasteiger partial charge >= 0.3 is 0 Å². The molecule has 3 heterocycles. The van der Waals surface area contributed by atoms with Gasteiger partial charge in [0.1, 0.15) is 11.3 Å². The molecular formula is C24H21N7O. The van der Waals surface area contributed by atoms with E-state index in [2.05, 4.69) is 30.4 Å². The van der Waals surface area contributed by atoms with Crippen LogP contribution in [0.15, 0.2) is 67.0 Å². The summed E-state index contributed by atoms with van der Waals surface area (Å²) in [6.07, 6.45) is 3.68. The molecule has 1 N–H and O–H groups in total. The van der Waals surface area contributed by atoms with Crippen molar-refractivity contribution in [3.8, 4) is 22.7 Å². The minimum absolute atomic E-state index is 0.406. The average Bonchev–Trinajstić information content (AvgIpc) is 3.21. The fourth-order valence-electron chi connectivity index (χ4n) is 3.59. The summed E-state index contributed by atoms with van der Waals surface area (Å²) < 4.78 is 7.31. The third-order valence-electron chi connectivity index (χ3n) is 5.17. The van der Waals surface area contributed by atoms with Crippen LogP contribution in [-0.2, 0) is 0 Å². The summed E-state index contributed by atoms with van der Waals surface area (Å²) in [6, 6.07) is 17.6. The second kappa shape index (κ2) is 8.07. The number of methoxy groups -OCH3 is 1. The zero-order chi connectivity index (χ0) is 22.1. The molecule has 5 rings (SSSR count). The number of nitrogens with zero attached hydrogens (tertiary/aromatic N) is 6. The van der Waals surface area contributed by atoms with Crippen molar-refractivity contribution >= 4 is 22.8 Å². The van der Waals surface area contributed by atoms with E-state index in [-0.39, 0.29) is 0 Å². The fourth-order valence-corrected chi connectivity index (χ4v) is 3.59. The molecular weight excluding hydrogens is 402 g/mol. The Morgan fingerprint density at radius 2 is 1.69 bits per heavy atom. The molecule has 0 atom stereocenters. The van der Waals surface area contributed by atoms with Crippen molar-refractivity contribution in [1.82, 2.24) is 29.7 Å². The van der Waals surface area contributed by atoms with Crippen LogP contribution >= 0.6 is 0 Å². The van der Waals surface area contributed by atoms with Gasteiger partial charge in [-0.25, -0.2) is 24.6 Å². The van der Waals surface area contributed by atoms with Gasteiger partial charge in [-0.3, -0.25) is 5.32 Å². The predicted molar refractivity (Wildman–Crippen MR) is 123 cm³/mol. The number of fused-ring (bicyclic) bond motifs is 1. The molecule has 0 aliphatic rings. The molecule has 32 heavy (non-hydrogen) atoms. The Bertz CT molecular complexity index is 1410. The van der Waals surface area contributed by atoms with E-state index in [0.717, 1.165) is 39.2 Å². The predicted octanol–water partition coefficient (Wildman–Crippen LogP) is 4.64. The molecule has 8 nitrogen and oxygen atoms in total. The van der Waals surface area contributed by atoms with Crippen LogP contribution in [0.25, 0.3) is 27.8 Å². The highest BCUT2D eigenvalue weighted by atomic mass is 16.5. The monoisotopic (exact) mass is 423 g/mol. The summed E-state index contributed by atoms with van der Waals surface area (Å²) in [7, 11) is 1.63. The smallest absolute Gasteiger partial charge is 0.230 e. The molecule has 0 amide bonds. The number of hydrogen-bond acceptors (Lipinski definition) is 7. The molecule has 0 unspecified atom stereocenters. The number of hydrogen-bond donors (Lipinski definition) is 1. The van der Waals surface area contributed by atoms with E-state index >= 15 is 0 Å². The molecule has 0 bridgehead atoms. The Morgan fingerprint density at radius 3 is 2.50 bits per heavy atom. The van der Waals surface area contributed by atoms with Crippen molar-refractivity contribution in [2.75, 3.05) is 12.4 Å². The maximum atomic E-state index is 5.46. The molecule has 158 valence electrons. The number of aryl methyl sites for hydroxylation is 2. The van der Waals surface area contributed by atoms with Crippen LogP contribution in [0.3, 0.4) is 0 Å². The lowest BCUT2D eigenvalue weighted by atomic mass is 10.2. The Morgan fingerprint density at radius 1 is 0.844 bits per heavy atom. The number of anilines is 2. The second-order valence-electron chi connectivity index (χ2n) is 7.29. The van der Waals surface area contributed by atoms with Crippen molar-refractivity contribution in [2.45, 2.75) is 13.8 Å². The maximum absolute atomic E-state index is 5.46. The van der Waals surface area contributed by atoms with Crippen LogP contribution in [0.4, 0.5) is 11.9 Å². The van der Waals surface area contributed by atoms with Crippen LogP contribution in [0, 0.1) is 13.8 Å². The highest BCUT2D eigenvalue weighted by Crippen LogP contribution is 2.27. The van der Waals surface area contributed by atoms with Crippen LogP contribution < -0.4 is 10.1 Å².